The van der Waals surface area contributed by atoms with Crippen molar-refractivity contribution in [1.29, 1.82) is 0 Å². The molecule has 0 fully saturated rings. The van der Waals surface area contributed by atoms with Crippen LogP contribution < -0.4 is 5.32 Å². The van der Waals surface area contributed by atoms with E-state index in [0.717, 1.165) is 28.1 Å². The predicted octanol–water partition coefficient (Wildman–Crippen LogP) is 6.46. The van der Waals surface area contributed by atoms with Gasteiger partial charge in [0.2, 0.25) is 11.0 Å². The number of amides is 1. The normalized spacial score (nSPS) is 11.0. The van der Waals surface area contributed by atoms with E-state index in [1.165, 1.54) is 11.3 Å². The first kappa shape index (κ1) is 21.8. The summed E-state index contributed by atoms with van der Waals surface area (Å²) in [4.78, 5) is 18.0. The van der Waals surface area contributed by atoms with E-state index in [9.17, 15) is 4.79 Å². The number of thiazole rings is 1. The average molecular weight is 465 g/mol. The third kappa shape index (κ3) is 4.82. The second-order valence-corrected chi connectivity index (χ2v) is 8.93. The van der Waals surface area contributed by atoms with Gasteiger partial charge in [0.1, 0.15) is 5.82 Å². The second-order valence-electron chi connectivity index (χ2n) is 8.09. The van der Waals surface area contributed by atoms with Crippen molar-refractivity contribution >= 4 is 23.1 Å². The van der Waals surface area contributed by atoms with E-state index in [2.05, 4.69) is 34.7 Å². The molecule has 3 aromatic carbocycles. The van der Waals surface area contributed by atoms with E-state index in [0.29, 0.717) is 17.4 Å². The molecule has 5 aromatic rings. The fourth-order valence-electron chi connectivity index (χ4n) is 4.02. The number of aryl methyl sites for hydroxylation is 1. The molecule has 0 aliphatic rings. The summed E-state index contributed by atoms with van der Waals surface area (Å²) >= 11 is 1.50. The molecule has 0 atom stereocenters. The number of anilines is 1. The molecule has 5 rings (SSSR count). The van der Waals surface area contributed by atoms with Crippen LogP contribution >= 0.6 is 11.3 Å². The second kappa shape index (κ2) is 9.85. The van der Waals surface area contributed by atoms with Gasteiger partial charge < -0.3 is 5.32 Å². The van der Waals surface area contributed by atoms with Gasteiger partial charge in [-0.2, -0.15) is 9.78 Å². The van der Waals surface area contributed by atoms with Gasteiger partial charge in [0.15, 0.2) is 0 Å². The molecule has 0 radical (unpaired) electrons. The van der Waals surface area contributed by atoms with Crippen LogP contribution in [-0.2, 0) is 4.79 Å². The third-order valence-electron chi connectivity index (χ3n) is 5.64. The number of benzene rings is 3. The summed E-state index contributed by atoms with van der Waals surface area (Å²) in [7, 11) is 0. The molecule has 1 amide bonds. The Hall–Kier alpha value is -4.03. The molecule has 2 heterocycles. The number of hydrogen-bond acceptors (Lipinski definition) is 4. The minimum atomic E-state index is -0.0707. The Kier molecular flexibility index (Phi) is 6.31. The quantitative estimate of drug-likeness (QED) is 0.300. The van der Waals surface area contributed by atoms with Crippen LogP contribution in [0.5, 0.6) is 0 Å². The largest absolute Gasteiger partial charge is 0.310 e. The van der Waals surface area contributed by atoms with Crippen molar-refractivity contribution in [2.24, 2.45) is 0 Å². The molecular formula is C28H24N4OS. The molecule has 1 N–H and O–H groups in total. The first-order chi connectivity index (χ1) is 16.7. The molecule has 0 saturated carbocycles. The molecule has 0 saturated heterocycles. The van der Waals surface area contributed by atoms with Crippen LogP contribution in [-0.4, -0.2) is 20.7 Å². The monoisotopic (exact) mass is 464 g/mol. The number of aromatic nitrogens is 3. The summed E-state index contributed by atoms with van der Waals surface area (Å²) in [6.07, 6.45) is 0.325. The van der Waals surface area contributed by atoms with E-state index in [1.54, 1.807) is 4.68 Å². The van der Waals surface area contributed by atoms with E-state index < -0.39 is 0 Å². The van der Waals surface area contributed by atoms with Gasteiger partial charge in [-0.15, -0.1) is 11.3 Å². The maximum absolute atomic E-state index is 13.2. The highest BCUT2D eigenvalue weighted by atomic mass is 32.1. The topological polar surface area (TPSA) is 59.8 Å². The van der Waals surface area contributed by atoms with Crippen LogP contribution in [0.4, 0.5) is 5.82 Å². The van der Waals surface area contributed by atoms with Gasteiger partial charge >= 0.3 is 0 Å². The Balaban J connectivity index is 1.39. The molecule has 0 aliphatic heterocycles. The highest BCUT2D eigenvalue weighted by Crippen LogP contribution is 2.30. The number of hydrogen-bond donors (Lipinski definition) is 1. The minimum absolute atomic E-state index is 0.0376. The van der Waals surface area contributed by atoms with Crippen LogP contribution in [0.3, 0.4) is 0 Å². The maximum atomic E-state index is 13.2. The summed E-state index contributed by atoms with van der Waals surface area (Å²) in [5, 5.41) is 10.4. The lowest BCUT2D eigenvalue weighted by Gasteiger charge is -2.18. The maximum Gasteiger partial charge on any atom is 0.226 e. The summed E-state index contributed by atoms with van der Waals surface area (Å²) in [5.74, 6) is 0.513. The molecule has 2 aromatic heterocycles. The van der Waals surface area contributed by atoms with Gasteiger partial charge in [-0.05, 0) is 18.1 Å². The van der Waals surface area contributed by atoms with E-state index in [1.807, 2.05) is 85.1 Å². The van der Waals surface area contributed by atoms with E-state index >= 15 is 0 Å². The van der Waals surface area contributed by atoms with Crippen molar-refractivity contribution in [3.63, 3.8) is 0 Å². The Bertz CT molecular complexity index is 1340. The fraction of sp³-hybridized carbons (Fsp3) is 0.107. The van der Waals surface area contributed by atoms with Gasteiger partial charge in [-0.25, -0.2) is 4.98 Å². The van der Waals surface area contributed by atoms with Gasteiger partial charge in [0.05, 0.1) is 11.4 Å². The van der Waals surface area contributed by atoms with Crippen LogP contribution in [0.2, 0.25) is 0 Å². The smallest absolute Gasteiger partial charge is 0.226 e. The average Bonchev–Trinajstić information content (AvgIpc) is 3.51. The van der Waals surface area contributed by atoms with E-state index in [-0.39, 0.29) is 11.8 Å². The van der Waals surface area contributed by atoms with E-state index in [4.69, 9.17) is 4.98 Å². The van der Waals surface area contributed by atoms with Crippen molar-refractivity contribution in [3.05, 3.63) is 119 Å². The minimum Gasteiger partial charge on any atom is -0.310 e. The molecule has 0 bridgehead atoms. The van der Waals surface area contributed by atoms with Crippen molar-refractivity contribution in [2.75, 3.05) is 5.32 Å². The highest BCUT2D eigenvalue weighted by molar-refractivity contribution is 7.12. The molecule has 0 aliphatic carbocycles. The van der Waals surface area contributed by atoms with Crippen molar-refractivity contribution in [1.82, 2.24) is 14.8 Å². The first-order valence-corrected chi connectivity index (χ1v) is 12.0. The zero-order valence-electron chi connectivity index (χ0n) is 18.8. The highest BCUT2D eigenvalue weighted by Gasteiger charge is 2.20. The molecule has 0 spiro atoms. The lowest BCUT2D eigenvalue weighted by molar-refractivity contribution is -0.116. The molecular weight excluding hydrogens is 440 g/mol. The number of carbonyl (C=O) groups excluding carboxylic acids is 1. The molecule has 0 unspecified atom stereocenters. The van der Waals surface area contributed by atoms with Crippen LogP contribution in [0, 0.1) is 6.92 Å². The Labute approximate surface area is 202 Å². The Morgan fingerprint density at radius 2 is 1.50 bits per heavy atom. The summed E-state index contributed by atoms with van der Waals surface area (Å²) in [6.45, 7) is 1.91. The van der Waals surface area contributed by atoms with Crippen LogP contribution in [0.1, 0.15) is 29.2 Å². The molecule has 34 heavy (non-hydrogen) atoms. The van der Waals surface area contributed by atoms with Gasteiger partial charge in [0, 0.05) is 29.3 Å². The lowest BCUT2D eigenvalue weighted by Crippen LogP contribution is -2.18. The van der Waals surface area contributed by atoms with Crippen molar-refractivity contribution in [3.8, 4) is 16.4 Å². The molecule has 6 heteroatoms. The van der Waals surface area contributed by atoms with Crippen molar-refractivity contribution in [2.45, 2.75) is 19.3 Å². The molecule has 168 valence electrons. The SMILES string of the molecule is Cc1cc(NC(=O)CC(c2ccccc2)c2ccccc2)n(-c2nc(-c3ccccc3)cs2)n1. The summed E-state index contributed by atoms with van der Waals surface area (Å²) in [6, 6.07) is 32.2. The number of rotatable bonds is 7. The number of carbonyl (C=O) groups is 1. The number of nitrogens with zero attached hydrogens (tertiary/aromatic N) is 3. The third-order valence-corrected chi connectivity index (χ3v) is 6.45. The van der Waals surface area contributed by atoms with Gasteiger partial charge in [0.25, 0.3) is 0 Å². The Morgan fingerprint density at radius 1 is 0.912 bits per heavy atom. The summed E-state index contributed by atoms with van der Waals surface area (Å²) in [5.41, 5.74) is 4.98. The van der Waals surface area contributed by atoms with Crippen LogP contribution in [0.15, 0.2) is 102 Å². The van der Waals surface area contributed by atoms with Crippen LogP contribution in [0.25, 0.3) is 16.4 Å². The first-order valence-electron chi connectivity index (χ1n) is 11.1. The van der Waals surface area contributed by atoms with Gasteiger partial charge in [-0.1, -0.05) is 91.0 Å². The lowest BCUT2D eigenvalue weighted by atomic mass is 9.88. The summed E-state index contributed by atoms with van der Waals surface area (Å²) < 4.78 is 1.71. The predicted molar refractivity (Wildman–Crippen MR) is 137 cm³/mol. The van der Waals surface area contributed by atoms with Crippen molar-refractivity contribution < 1.29 is 4.79 Å². The Morgan fingerprint density at radius 3 is 2.12 bits per heavy atom. The number of nitrogens with one attached hydrogen (secondary N) is 1. The fourth-order valence-corrected chi connectivity index (χ4v) is 4.81. The zero-order chi connectivity index (χ0) is 23.3. The standard InChI is InChI=1S/C28H24N4OS/c1-20-17-26(32(31-20)28-29-25(19-34-28)23-15-9-4-10-16-23)30-27(33)18-24(21-11-5-2-6-12-21)22-13-7-3-8-14-22/h2-17,19,24H,18H2,1H3,(H,30,33). The zero-order valence-corrected chi connectivity index (χ0v) is 19.6. The van der Waals surface area contributed by atoms with Gasteiger partial charge in [-0.3, -0.25) is 4.79 Å². The molecule has 5 nitrogen and oxygen atoms in total.